The maximum Gasteiger partial charge on any atom is 0.440 e. The predicted molar refractivity (Wildman–Crippen MR) is 62.1 cm³/mol. The molecule has 0 radical (unpaired) electrons. The first-order valence-electron chi connectivity index (χ1n) is 6.02. The van der Waals surface area contributed by atoms with Gasteiger partial charge < -0.3 is 0 Å². The zero-order valence-electron chi connectivity index (χ0n) is 11.7. The van der Waals surface area contributed by atoms with Crippen molar-refractivity contribution in [1.29, 1.82) is 0 Å². The van der Waals surface area contributed by atoms with Crippen molar-refractivity contribution in [2.24, 2.45) is 7.05 Å². The van der Waals surface area contributed by atoms with Crippen LogP contribution in [0.25, 0.3) is 17.0 Å². The van der Waals surface area contributed by atoms with Crippen LogP contribution in [0.4, 0.5) is 0 Å². The van der Waals surface area contributed by atoms with Gasteiger partial charge in [-0.25, -0.2) is 18.6 Å². The summed E-state index contributed by atoms with van der Waals surface area (Å²) < 4.78 is 35.7. The fraction of sp³-hybridized carbons (Fsp3) is 0.167. The maximum atomic E-state index is 8.49. The minimum absolute atomic E-state index is 0.617. The summed E-state index contributed by atoms with van der Waals surface area (Å²) in [5.41, 5.74) is 3.04. The van der Waals surface area contributed by atoms with E-state index in [1.807, 2.05) is 31.2 Å². The molecule has 0 aliphatic heterocycles. The van der Waals surface area contributed by atoms with Gasteiger partial charge in [0, 0.05) is 16.8 Å². The SMILES string of the molecule is Cc1cc(-c2ccccc2)[n+]2nn(C)nc2n1.[O-][Cl+3]([O-])([O-])[O-]. The largest absolute Gasteiger partial charge is 0.440 e. The number of halogens is 1. The number of hydrogen-bond acceptors (Lipinski definition) is 7. The van der Waals surface area contributed by atoms with E-state index in [-0.39, 0.29) is 0 Å². The first kappa shape index (κ1) is 16.2. The fourth-order valence-electron chi connectivity index (χ4n) is 1.85. The molecular weight excluding hydrogens is 314 g/mol. The van der Waals surface area contributed by atoms with E-state index in [9.17, 15) is 0 Å². The zero-order valence-corrected chi connectivity index (χ0v) is 12.5. The molecular formula is C12H12ClN5O4. The molecule has 0 saturated carbocycles. The summed E-state index contributed by atoms with van der Waals surface area (Å²) in [6.45, 7) is 1.96. The van der Waals surface area contributed by atoms with Gasteiger partial charge >= 0.3 is 5.78 Å². The monoisotopic (exact) mass is 325 g/mol. The highest BCUT2D eigenvalue weighted by Crippen LogP contribution is 2.14. The van der Waals surface area contributed by atoms with Crippen molar-refractivity contribution in [1.82, 2.24) is 20.1 Å². The first-order chi connectivity index (χ1) is 10.2. The van der Waals surface area contributed by atoms with Crippen molar-refractivity contribution in [2.75, 3.05) is 0 Å². The Bertz CT molecular complexity index is 766. The van der Waals surface area contributed by atoms with Crippen LogP contribution in [0.1, 0.15) is 5.69 Å². The van der Waals surface area contributed by atoms with E-state index in [1.54, 1.807) is 11.6 Å². The predicted octanol–water partition coefficient (Wildman–Crippen LogP) is -3.83. The lowest BCUT2D eigenvalue weighted by Crippen LogP contribution is -2.68. The highest BCUT2D eigenvalue weighted by molar-refractivity contribution is 5.56. The topological polar surface area (TPSA) is 140 Å². The van der Waals surface area contributed by atoms with Crippen LogP contribution in [0.2, 0.25) is 0 Å². The molecule has 0 aliphatic carbocycles. The Kier molecular flexibility index (Phi) is 4.64. The summed E-state index contributed by atoms with van der Waals surface area (Å²) >= 11 is 0. The lowest BCUT2D eigenvalue weighted by atomic mass is 10.1. The van der Waals surface area contributed by atoms with E-state index in [1.165, 1.54) is 4.80 Å². The zero-order chi connectivity index (χ0) is 16.3. The number of hydrogen-bond donors (Lipinski definition) is 0. The number of tetrazole rings is 1. The molecule has 2 heterocycles. The molecule has 0 N–H and O–H groups in total. The molecule has 22 heavy (non-hydrogen) atoms. The quantitative estimate of drug-likeness (QED) is 0.417. The van der Waals surface area contributed by atoms with Gasteiger partial charge in [-0.05, 0) is 6.92 Å². The van der Waals surface area contributed by atoms with Crippen molar-refractivity contribution in [3.8, 4) is 11.3 Å². The van der Waals surface area contributed by atoms with E-state index < -0.39 is 10.2 Å². The molecule has 0 fully saturated rings. The molecule has 0 saturated heterocycles. The van der Waals surface area contributed by atoms with Crippen molar-refractivity contribution < 1.29 is 33.4 Å². The minimum Gasteiger partial charge on any atom is -0.222 e. The molecule has 2 aromatic heterocycles. The average Bonchev–Trinajstić information content (AvgIpc) is 2.77. The van der Waals surface area contributed by atoms with E-state index in [0.717, 1.165) is 17.0 Å². The van der Waals surface area contributed by atoms with Crippen LogP contribution in [0.15, 0.2) is 36.4 Å². The molecule has 0 spiro atoms. The van der Waals surface area contributed by atoms with Crippen LogP contribution in [-0.4, -0.2) is 20.1 Å². The van der Waals surface area contributed by atoms with E-state index in [4.69, 9.17) is 18.6 Å². The molecule has 9 nitrogen and oxygen atoms in total. The average molecular weight is 326 g/mol. The van der Waals surface area contributed by atoms with Crippen molar-refractivity contribution in [2.45, 2.75) is 6.92 Å². The molecule has 0 atom stereocenters. The molecule has 0 amide bonds. The molecule has 116 valence electrons. The third-order valence-electron chi connectivity index (χ3n) is 2.56. The number of benzene rings is 1. The van der Waals surface area contributed by atoms with Gasteiger partial charge in [0.25, 0.3) is 0 Å². The van der Waals surface area contributed by atoms with Gasteiger partial charge in [-0.1, -0.05) is 39.6 Å². The second-order valence-corrected chi connectivity index (χ2v) is 5.07. The van der Waals surface area contributed by atoms with Gasteiger partial charge in [-0.3, -0.25) is 0 Å². The molecule has 3 rings (SSSR count). The Morgan fingerprint density at radius 3 is 2.27 bits per heavy atom. The maximum absolute atomic E-state index is 8.49. The lowest BCUT2D eigenvalue weighted by molar-refractivity contribution is -2.00. The highest BCUT2D eigenvalue weighted by atomic mass is 35.7. The van der Waals surface area contributed by atoms with Crippen LogP contribution in [0.3, 0.4) is 0 Å². The highest BCUT2D eigenvalue weighted by Gasteiger charge is 2.16. The summed E-state index contributed by atoms with van der Waals surface area (Å²) in [5.74, 6) is 0.617. The minimum atomic E-state index is -4.94. The summed E-state index contributed by atoms with van der Waals surface area (Å²) in [7, 11) is -3.15. The third kappa shape index (κ3) is 4.41. The van der Waals surface area contributed by atoms with E-state index in [2.05, 4.69) is 27.4 Å². The van der Waals surface area contributed by atoms with Gasteiger partial charge in [0.05, 0.1) is 5.10 Å². The standard InChI is InChI=1S/C12H12N5.ClHO4/c1-9-8-11(10-6-4-3-5-7-10)17-12(13-9)14-16(2)15-17;2-1(3,4)5/h3-8H,1-2H3;(H,2,3,4,5)/q+1;/p-1. The Morgan fingerprint density at radius 2 is 1.68 bits per heavy atom. The van der Waals surface area contributed by atoms with Crippen molar-refractivity contribution >= 4 is 5.78 Å². The molecule has 1 aromatic carbocycles. The van der Waals surface area contributed by atoms with Gasteiger partial charge in [0.1, 0.15) is 18.4 Å². The van der Waals surface area contributed by atoms with Crippen molar-refractivity contribution in [3.05, 3.63) is 42.1 Å². The number of nitrogens with zero attached hydrogens (tertiary/aromatic N) is 5. The van der Waals surface area contributed by atoms with Crippen LogP contribution in [0.5, 0.6) is 0 Å². The molecule has 0 unspecified atom stereocenters. The number of rotatable bonds is 1. The second-order valence-electron chi connectivity index (χ2n) is 4.32. The van der Waals surface area contributed by atoms with Crippen molar-refractivity contribution in [3.63, 3.8) is 0 Å². The van der Waals surface area contributed by atoms with Crippen LogP contribution >= 0.6 is 0 Å². The number of fused-ring (bicyclic) bond motifs is 1. The molecule has 10 heteroatoms. The Labute approximate surface area is 127 Å². The molecule has 0 aliphatic rings. The summed E-state index contributed by atoms with van der Waals surface area (Å²) in [6.07, 6.45) is 0. The number of aromatic nitrogens is 5. The Hall–Kier alpha value is -2.17. The summed E-state index contributed by atoms with van der Waals surface area (Å²) in [6, 6.07) is 12.1. The van der Waals surface area contributed by atoms with Crippen LogP contribution in [-0.2, 0) is 7.05 Å². The normalized spacial score (nSPS) is 11.2. The molecule has 0 bridgehead atoms. The summed E-state index contributed by atoms with van der Waals surface area (Å²) in [5, 5.41) is 8.51. The Morgan fingerprint density at radius 1 is 1.09 bits per heavy atom. The van der Waals surface area contributed by atoms with E-state index in [0.29, 0.717) is 5.78 Å². The van der Waals surface area contributed by atoms with Gasteiger partial charge in [0.2, 0.25) is 0 Å². The van der Waals surface area contributed by atoms with Gasteiger partial charge in [-0.2, -0.15) is 0 Å². The van der Waals surface area contributed by atoms with E-state index >= 15 is 0 Å². The van der Waals surface area contributed by atoms with Gasteiger partial charge in [0.15, 0.2) is 0 Å². The second kappa shape index (κ2) is 6.30. The number of aryl methyl sites for hydroxylation is 2. The van der Waals surface area contributed by atoms with Crippen LogP contribution in [0, 0.1) is 17.2 Å². The summed E-state index contributed by atoms with van der Waals surface area (Å²) in [4.78, 5) is 5.87. The van der Waals surface area contributed by atoms with Crippen LogP contribution < -0.4 is 23.2 Å². The smallest absolute Gasteiger partial charge is 0.222 e. The fourth-order valence-corrected chi connectivity index (χ4v) is 1.85. The van der Waals surface area contributed by atoms with Gasteiger partial charge in [-0.15, -0.1) is 15.2 Å². The lowest BCUT2D eigenvalue weighted by Gasteiger charge is -2.17. The Balaban J connectivity index is 0.000000309. The first-order valence-corrected chi connectivity index (χ1v) is 7.25. The molecule has 3 aromatic rings. The third-order valence-corrected chi connectivity index (χ3v) is 2.56.